The van der Waals surface area contributed by atoms with Gasteiger partial charge in [0.05, 0.1) is 5.69 Å². The number of halogens is 2. The maximum Gasteiger partial charge on any atom is 0.322 e. The molecule has 0 atom stereocenters. The number of benzene rings is 4. The van der Waals surface area contributed by atoms with Crippen LogP contribution in [-0.2, 0) is 6.42 Å². The number of carbonyl (C=O) groups excluding carboxylic acids is 1. The predicted molar refractivity (Wildman–Crippen MR) is 161 cm³/mol. The molecule has 0 saturated carbocycles. The Hall–Kier alpha value is -4.03. The topological polar surface area (TPSA) is 35.6 Å². The van der Waals surface area contributed by atoms with E-state index in [1.807, 2.05) is 35.2 Å². The van der Waals surface area contributed by atoms with Gasteiger partial charge in [0.15, 0.2) is 0 Å². The van der Waals surface area contributed by atoms with Gasteiger partial charge in [-0.05, 0) is 61.1 Å². The number of amides is 2. The number of hydrogen-bond acceptors (Lipinski definition) is 2. The Morgan fingerprint density at radius 2 is 1.41 bits per heavy atom. The van der Waals surface area contributed by atoms with E-state index in [4.69, 9.17) is 0 Å². The highest BCUT2D eigenvalue weighted by Gasteiger charge is 2.29. The van der Waals surface area contributed by atoms with Crippen LogP contribution in [0.15, 0.2) is 109 Å². The molecule has 5 rings (SSSR count). The lowest BCUT2D eigenvalue weighted by Gasteiger charge is -2.39. The summed E-state index contributed by atoms with van der Waals surface area (Å²) in [6.45, 7) is 3.27. The second kappa shape index (κ2) is 14.0. The minimum Gasteiger partial charge on any atom is -0.321 e. The number of rotatable bonds is 10. The first-order chi connectivity index (χ1) is 20.1. The molecule has 1 aliphatic rings. The molecular weight excluding hydrogens is 516 g/mol. The van der Waals surface area contributed by atoms with Crippen molar-refractivity contribution >= 4 is 11.7 Å². The van der Waals surface area contributed by atoms with Crippen LogP contribution in [0.25, 0.3) is 0 Å². The second-order valence-electron chi connectivity index (χ2n) is 10.7. The van der Waals surface area contributed by atoms with Crippen LogP contribution in [0.2, 0.25) is 0 Å². The van der Waals surface area contributed by atoms with Crippen molar-refractivity contribution in [3.05, 3.63) is 138 Å². The van der Waals surface area contributed by atoms with Crippen LogP contribution < -0.4 is 5.32 Å². The Labute approximate surface area is 241 Å². The Morgan fingerprint density at radius 3 is 2.00 bits per heavy atom. The Balaban J connectivity index is 1.23. The summed E-state index contributed by atoms with van der Waals surface area (Å²) < 4.78 is 27.8. The molecule has 212 valence electrons. The number of anilines is 1. The van der Waals surface area contributed by atoms with E-state index in [1.165, 1.54) is 17.2 Å². The van der Waals surface area contributed by atoms with Gasteiger partial charge in [-0.2, -0.15) is 0 Å². The van der Waals surface area contributed by atoms with Gasteiger partial charge >= 0.3 is 6.03 Å². The number of nitrogens with zero attached hydrogens (tertiary/aromatic N) is 2. The number of carbonyl (C=O) groups is 1. The van der Waals surface area contributed by atoms with Gasteiger partial charge in [-0.1, -0.05) is 91.0 Å². The van der Waals surface area contributed by atoms with Crippen molar-refractivity contribution in [3.8, 4) is 0 Å². The number of hydrogen-bond donors (Lipinski definition) is 1. The molecule has 0 unspecified atom stereocenters. The molecular formula is C35H37F2N3O. The van der Waals surface area contributed by atoms with E-state index >= 15 is 0 Å². The molecule has 4 aromatic rings. The van der Waals surface area contributed by atoms with Crippen molar-refractivity contribution in [1.82, 2.24) is 9.80 Å². The first kappa shape index (κ1) is 28.5. The zero-order valence-electron chi connectivity index (χ0n) is 23.3. The molecule has 4 nitrogen and oxygen atoms in total. The van der Waals surface area contributed by atoms with Crippen LogP contribution in [0.4, 0.5) is 19.3 Å². The molecule has 0 spiro atoms. The lowest BCUT2D eigenvalue weighted by Crippen LogP contribution is -2.49. The van der Waals surface area contributed by atoms with E-state index in [2.05, 4.69) is 70.9 Å². The largest absolute Gasteiger partial charge is 0.322 e. The van der Waals surface area contributed by atoms with Gasteiger partial charge in [-0.25, -0.2) is 13.6 Å². The number of nitrogens with one attached hydrogen (secondary N) is 1. The monoisotopic (exact) mass is 553 g/mol. The second-order valence-corrected chi connectivity index (χ2v) is 10.7. The van der Waals surface area contributed by atoms with Crippen LogP contribution in [0.5, 0.6) is 0 Å². The van der Waals surface area contributed by atoms with E-state index in [0.29, 0.717) is 18.9 Å². The first-order valence-electron chi connectivity index (χ1n) is 14.5. The SMILES string of the molecule is O=C(Nc1ccc(F)cc1F)N(CCc1ccccc1)C1CCN(CCC(c2ccccc2)c2ccccc2)CC1. The summed E-state index contributed by atoms with van der Waals surface area (Å²) >= 11 is 0. The van der Waals surface area contributed by atoms with Crippen LogP contribution >= 0.6 is 0 Å². The minimum absolute atomic E-state index is 0.00795. The molecule has 1 fully saturated rings. The van der Waals surface area contributed by atoms with Gasteiger partial charge in [-0.15, -0.1) is 0 Å². The quantitative estimate of drug-likeness (QED) is 0.218. The summed E-state index contributed by atoms with van der Waals surface area (Å²) in [5, 5.41) is 2.69. The highest BCUT2D eigenvalue weighted by Crippen LogP contribution is 2.29. The number of likely N-dealkylation sites (tertiary alicyclic amines) is 1. The maximum absolute atomic E-state index is 14.3. The molecule has 0 bridgehead atoms. The molecule has 1 aliphatic heterocycles. The summed E-state index contributed by atoms with van der Waals surface area (Å²) in [6.07, 6.45) is 3.40. The summed E-state index contributed by atoms with van der Waals surface area (Å²) in [5.74, 6) is -1.12. The van der Waals surface area contributed by atoms with Crippen LogP contribution in [-0.4, -0.2) is 48.1 Å². The molecule has 41 heavy (non-hydrogen) atoms. The van der Waals surface area contributed by atoms with Crippen molar-refractivity contribution in [2.75, 3.05) is 31.5 Å². The molecule has 6 heteroatoms. The minimum atomic E-state index is -0.775. The summed E-state index contributed by atoms with van der Waals surface area (Å²) in [4.78, 5) is 17.7. The van der Waals surface area contributed by atoms with Crippen molar-refractivity contribution in [2.45, 2.75) is 37.6 Å². The van der Waals surface area contributed by atoms with E-state index < -0.39 is 11.6 Å². The average Bonchev–Trinajstić information content (AvgIpc) is 3.01. The normalized spacial score (nSPS) is 14.2. The van der Waals surface area contributed by atoms with Crippen molar-refractivity contribution < 1.29 is 13.6 Å². The predicted octanol–water partition coefficient (Wildman–Crippen LogP) is 7.73. The summed E-state index contributed by atoms with van der Waals surface area (Å²) in [6, 6.07) is 34.3. The standard InChI is InChI=1S/C35H37F2N3O/c36-30-16-17-34(33(37)26-30)38-35(41)40(25-18-27-10-4-1-5-11-27)31-19-22-39(23-20-31)24-21-32(28-12-6-2-7-13-28)29-14-8-3-9-15-29/h1-17,26,31-32H,18-25H2,(H,38,41). The molecule has 0 radical (unpaired) electrons. The Bertz CT molecular complexity index is 1340. The Morgan fingerprint density at radius 1 is 0.829 bits per heavy atom. The molecule has 1 heterocycles. The summed E-state index contributed by atoms with van der Waals surface area (Å²) in [7, 11) is 0. The smallest absolute Gasteiger partial charge is 0.321 e. The zero-order valence-corrected chi connectivity index (χ0v) is 23.3. The van der Waals surface area contributed by atoms with E-state index in [-0.39, 0.29) is 17.8 Å². The van der Waals surface area contributed by atoms with E-state index in [9.17, 15) is 13.6 Å². The third kappa shape index (κ3) is 7.80. The molecule has 1 saturated heterocycles. The van der Waals surface area contributed by atoms with Gasteiger partial charge < -0.3 is 15.1 Å². The van der Waals surface area contributed by atoms with E-state index in [0.717, 1.165) is 56.6 Å². The summed E-state index contributed by atoms with van der Waals surface area (Å²) in [5.41, 5.74) is 3.78. The lowest BCUT2D eigenvalue weighted by atomic mass is 9.88. The van der Waals surface area contributed by atoms with Crippen molar-refractivity contribution in [1.29, 1.82) is 0 Å². The third-order valence-corrected chi connectivity index (χ3v) is 8.05. The van der Waals surface area contributed by atoms with Gasteiger partial charge in [-0.3, -0.25) is 0 Å². The maximum atomic E-state index is 14.3. The van der Waals surface area contributed by atoms with Crippen molar-refractivity contribution in [2.24, 2.45) is 0 Å². The van der Waals surface area contributed by atoms with Crippen LogP contribution in [0.1, 0.15) is 41.9 Å². The third-order valence-electron chi connectivity index (χ3n) is 8.05. The molecule has 2 amide bonds. The Kier molecular flexibility index (Phi) is 9.76. The van der Waals surface area contributed by atoms with Gasteiger partial charge in [0, 0.05) is 37.7 Å². The first-order valence-corrected chi connectivity index (χ1v) is 14.5. The average molecular weight is 554 g/mol. The highest BCUT2D eigenvalue weighted by molar-refractivity contribution is 5.89. The fourth-order valence-corrected chi connectivity index (χ4v) is 5.78. The van der Waals surface area contributed by atoms with Gasteiger partial charge in [0.1, 0.15) is 11.6 Å². The van der Waals surface area contributed by atoms with Gasteiger partial charge in [0.2, 0.25) is 0 Å². The molecule has 4 aromatic carbocycles. The van der Waals surface area contributed by atoms with Crippen LogP contribution in [0, 0.1) is 11.6 Å². The molecule has 0 aromatic heterocycles. The zero-order chi connectivity index (χ0) is 28.4. The highest BCUT2D eigenvalue weighted by atomic mass is 19.1. The van der Waals surface area contributed by atoms with Crippen molar-refractivity contribution in [3.63, 3.8) is 0 Å². The number of piperidine rings is 1. The lowest BCUT2D eigenvalue weighted by molar-refractivity contribution is 0.126. The fraction of sp³-hybridized carbons (Fsp3) is 0.286. The molecule has 1 N–H and O–H groups in total. The van der Waals surface area contributed by atoms with Crippen LogP contribution in [0.3, 0.4) is 0 Å². The van der Waals surface area contributed by atoms with Gasteiger partial charge in [0.25, 0.3) is 0 Å². The van der Waals surface area contributed by atoms with E-state index in [1.54, 1.807) is 0 Å². The number of urea groups is 1. The fourth-order valence-electron chi connectivity index (χ4n) is 5.78. The molecule has 0 aliphatic carbocycles.